The largest absolute Gasteiger partial charge is 0.376 e. The SMILES string of the molecule is CCCCCCOC(C)(C)CC(C)(C)C. The van der Waals surface area contributed by atoms with E-state index in [-0.39, 0.29) is 5.60 Å². The summed E-state index contributed by atoms with van der Waals surface area (Å²) in [5.74, 6) is 0. The summed E-state index contributed by atoms with van der Waals surface area (Å²) in [4.78, 5) is 0. The smallest absolute Gasteiger partial charge is 0.0631 e. The van der Waals surface area contributed by atoms with Crippen LogP contribution in [0.3, 0.4) is 0 Å². The highest BCUT2D eigenvalue weighted by Gasteiger charge is 2.25. The molecule has 0 unspecified atom stereocenters. The molecule has 0 radical (unpaired) electrons. The zero-order chi connectivity index (χ0) is 11.9. The molecule has 0 saturated heterocycles. The van der Waals surface area contributed by atoms with Gasteiger partial charge in [0.25, 0.3) is 0 Å². The first-order valence-corrected chi connectivity index (χ1v) is 6.41. The van der Waals surface area contributed by atoms with Crippen molar-refractivity contribution in [2.24, 2.45) is 5.41 Å². The maximum absolute atomic E-state index is 5.95. The molecule has 92 valence electrons. The van der Waals surface area contributed by atoms with Crippen molar-refractivity contribution in [2.45, 2.75) is 79.2 Å². The molecule has 0 spiro atoms. The van der Waals surface area contributed by atoms with E-state index in [0.717, 1.165) is 13.0 Å². The van der Waals surface area contributed by atoms with Crippen LogP contribution in [0.25, 0.3) is 0 Å². The fraction of sp³-hybridized carbons (Fsp3) is 1.00. The number of hydrogen-bond acceptors (Lipinski definition) is 1. The van der Waals surface area contributed by atoms with E-state index in [1.807, 2.05) is 0 Å². The predicted octanol–water partition coefficient (Wildman–Crippen LogP) is 4.80. The summed E-state index contributed by atoms with van der Waals surface area (Å²) in [7, 11) is 0. The van der Waals surface area contributed by atoms with Gasteiger partial charge in [0.15, 0.2) is 0 Å². The lowest BCUT2D eigenvalue weighted by Gasteiger charge is -2.32. The fourth-order valence-electron chi connectivity index (χ4n) is 2.21. The van der Waals surface area contributed by atoms with Crippen molar-refractivity contribution in [2.75, 3.05) is 6.61 Å². The van der Waals surface area contributed by atoms with Gasteiger partial charge in [0.1, 0.15) is 0 Å². The molecule has 0 heterocycles. The molecule has 0 atom stereocenters. The van der Waals surface area contributed by atoms with Crippen LogP contribution in [0.2, 0.25) is 0 Å². The quantitative estimate of drug-likeness (QED) is 0.553. The summed E-state index contributed by atoms with van der Waals surface area (Å²) in [5, 5.41) is 0. The Hall–Kier alpha value is -0.0400. The first-order chi connectivity index (χ1) is 6.77. The standard InChI is InChI=1S/C14H30O/c1-7-8-9-10-11-15-14(5,6)12-13(2,3)4/h7-12H2,1-6H3. The van der Waals surface area contributed by atoms with Crippen LogP contribution in [-0.4, -0.2) is 12.2 Å². The highest BCUT2D eigenvalue weighted by atomic mass is 16.5. The summed E-state index contributed by atoms with van der Waals surface area (Å²) >= 11 is 0. The van der Waals surface area contributed by atoms with Crippen LogP contribution in [0.15, 0.2) is 0 Å². The van der Waals surface area contributed by atoms with Gasteiger partial charge in [-0.25, -0.2) is 0 Å². The Kier molecular flexibility index (Phi) is 6.51. The molecule has 0 aliphatic heterocycles. The Morgan fingerprint density at radius 1 is 0.867 bits per heavy atom. The van der Waals surface area contributed by atoms with Crippen molar-refractivity contribution in [3.05, 3.63) is 0 Å². The molecule has 0 aromatic carbocycles. The highest BCUT2D eigenvalue weighted by molar-refractivity contribution is 4.76. The average molecular weight is 214 g/mol. The Morgan fingerprint density at radius 2 is 1.47 bits per heavy atom. The molecule has 0 rings (SSSR count). The summed E-state index contributed by atoms with van der Waals surface area (Å²) in [6.07, 6.45) is 6.27. The monoisotopic (exact) mass is 214 g/mol. The zero-order valence-corrected chi connectivity index (χ0v) is 11.7. The number of ether oxygens (including phenoxy) is 1. The number of rotatable bonds is 7. The van der Waals surface area contributed by atoms with Gasteiger partial charge in [0.2, 0.25) is 0 Å². The minimum absolute atomic E-state index is 0.0322. The van der Waals surface area contributed by atoms with Crippen molar-refractivity contribution in [3.8, 4) is 0 Å². The first-order valence-electron chi connectivity index (χ1n) is 6.41. The third-order valence-electron chi connectivity index (χ3n) is 2.45. The van der Waals surface area contributed by atoms with Crippen molar-refractivity contribution in [1.82, 2.24) is 0 Å². The van der Waals surface area contributed by atoms with Crippen molar-refractivity contribution < 1.29 is 4.74 Å². The molecule has 0 aromatic rings. The lowest BCUT2D eigenvalue weighted by atomic mass is 9.83. The third kappa shape index (κ3) is 10.2. The van der Waals surface area contributed by atoms with E-state index in [9.17, 15) is 0 Å². The molecule has 0 fully saturated rings. The summed E-state index contributed by atoms with van der Waals surface area (Å²) in [6.45, 7) is 14.4. The van der Waals surface area contributed by atoms with E-state index < -0.39 is 0 Å². The molecule has 1 heteroatoms. The first kappa shape index (κ1) is 15.0. The molecule has 0 saturated carbocycles. The van der Waals surface area contributed by atoms with Gasteiger partial charge < -0.3 is 4.74 Å². The molecule has 0 aliphatic carbocycles. The molecular formula is C14H30O. The average Bonchev–Trinajstić information content (AvgIpc) is 1.99. The highest BCUT2D eigenvalue weighted by Crippen LogP contribution is 2.29. The Balaban J connectivity index is 3.65. The van der Waals surface area contributed by atoms with Gasteiger partial charge in [-0.1, -0.05) is 47.0 Å². The lowest BCUT2D eigenvalue weighted by Crippen LogP contribution is -2.30. The summed E-state index contributed by atoms with van der Waals surface area (Å²) in [6, 6.07) is 0. The van der Waals surface area contributed by atoms with Crippen LogP contribution in [-0.2, 0) is 4.74 Å². The second-order valence-electron chi connectivity index (χ2n) is 6.41. The summed E-state index contributed by atoms with van der Waals surface area (Å²) < 4.78 is 5.95. The second-order valence-corrected chi connectivity index (χ2v) is 6.41. The van der Waals surface area contributed by atoms with Gasteiger partial charge >= 0.3 is 0 Å². The minimum atomic E-state index is 0.0322. The van der Waals surface area contributed by atoms with E-state index >= 15 is 0 Å². The lowest BCUT2D eigenvalue weighted by molar-refractivity contribution is -0.0445. The van der Waals surface area contributed by atoms with Crippen LogP contribution in [0.5, 0.6) is 0 Å². The maximum Gasteiger partial charge on any atom is 0.0631 e. The van der Waals surface area contributed by atoms with Gasteiger partial charge in [0.05, 0.1) is 5.60 Å². The zero-order valence-electron chi connectivity index (χ0n) is 11.7. The molecule has 0 bridgehead atoms. The van der Waals surface area contributed by atoms with Crippen LogP contribution in [0.1, 0.15) is 73.6 Å². The van der Waals surface area contributed by atoms with E-state index in [1.54, 1.807) is 0 Å². The van der Waals surface area contributed by atoms with Gasteiger partial charge in [-0.05, 0) is 32.1 Å². The van der Waals surface area contributed by atoms with E-state index in [2.05, 4.69) is 41.5 Å². The van der Waals surface area contributed by atoms with E-state index in [4.69, 9.17) is 4.74 Å². The van der Waals surface area contributed by atoms with Gasteiger partial charge in [-0.15, -0.1) is 0 Å². The maximum atomic E-state index is 5.95. The molecule has 0 aromatic heterocycles. The van der Waals surface area contributed by atoms with Crippen LogP contribution >= 0.6 is 0 Å². The van der Waals surface area contributed by atoms with Crippen LogP contribution in [0, 0.1) is 5.41 Å². The molecular weight excluding hydrogens is 184 g/mol. The topological polar surface area (TPSA) is 9.23 Å². The van der Waals surface area contributed by atoms with Crippen LogP contribution in [0.4, 0.5) is 0 Å². The normalized spacial score (nSPS) is 13.2. The molecule has 0 amide bonds. The molecule has 1 nitrogen and oxygen atoms in total. The van der Waals surface area contributed by atoms with Gasteiger partial charge in [-0.3, -0.25) is 0 Å². The van der Waals surface area contributed by atoms with Crippen molar-refractivity contribution in [3.63, 3.8) is 0 Å². The Labute approximate surface area is 96.6 Å². The Morgan fingerprint density at radius 3 is 1.93 bits per heavy atom. The second kappa shape index (κ2) is 6.52. The van der Waals surface area contributed by atoms with Crippen molar-refractivity contribution >= 4 is 0 Å². The molecule has 15 heavy (non-hydrogen) atoms. The van der Waals surface area contributed by atoms with E-state index in [1.165, 1.54) is 25.7 Å². The number of unbranched alkanes of at least 4 members (excludes halogenated alkanes) is 3. The minimum Gasteiger partial charge on any atom is -0.376 e. The Bertz CT molecular complexity index is 153. The van der Waals surface area contributed by atoms with Crippen LogP contribution < -0.4 is 0 Å². The summed E-state index contributed by atoms with van der Waals surface area (Å²) in [5.41, 5.74) is 0.386. The van der Waals surface area contributed by atoms with Gasteiger partial charge in [-0.2, -0.15) is 0 Å². The fourth-order valence-corrected chi connectivity index (χ4v) is 2.21. The third-order valence-corrected chi connectivity index (χ3v) is 2.45. The predicted molar refractivity (Wildman–Crippen MR) is 68.2 cm³/mol. The van der Waals surface area contributed by atoms with Crippen molar-refractivity contribution in [1.29, 1.82) is 0 Å². The molecule has 0 aliphatic rings. The van der Waals surface area contributed by atoms with Gasteiger partial charge in [0, 0.05) is 6.61 Å². The molecule has 0 N–H and O–H groups in total. The van der Waals surface area contributed by atoms with E-state index in [0.29, 0.717) is 5.41 Å². The number of hydrogen-bond donors (Lipinski definition) is 0.